The minimum atomic E-state index is -4.74. The van der Waals surface area contributed by atoms with Crippen LogP contribution in [0.5, 0.6) is 0 Å². The molecule has 1 unspecified atom stereocenters. The molecule has 0 aromatic carbocycles. The van der Waals surface area contributed by atoms with Crippen LogP contribution >= 0.6 is 7.82 Å². The zero-order valence-corrected chi connectivity index (χ0v) is 33.8. The Balaban J connectivity index is 4.49. The van der Waals surface area contributed by atoms with Gasteiger partial charge in [0.15, 0.2) is 11.9 Å². The fourth-order valence-corrected chi connectivity index (χ4v) is 6.18. The maximum Gasteiger partial charge on any atom is 0.472 e. The molecule has 0 saturated heterocycles. The van der Waals surface area contributed by atoms with Crippen molar-refractivity contribution in [3.8, 4) is 0 Å². The van der Waals surface area contributed by atoms with E-state index < -0.39 is 51.1 Å². The second-order valence-electron chi connectivity index (χ2n) is 13.8. The number of carboxylic acid groups (broad SMARTS) is 1. The number of unbranched alkanes of at least 4 members (excludes halogenated alkanes) is 19. The smallest absolute Gasteiger partial charge is 0.472 e. The molecule has 12 nitrogen and oxygen atoms in total. The largest absolute Gasteiger partial charge is 0.480 e. The molecule has 0 radical (unpaired) electrons. The zero-order chi connectivity index (χ0) is 39.4. The third kappa shape index (κ3) is 35.1. The molecule has 0 aromatic heterocycles. The predicted octanol–water partition coefficient (Wildman–Crippen LogP) is 9.46. The molecule has 0 aliphatic rings. The molecule has 0 spiro atoms. The summed E-state index contributed by atoms with van der Waals surface area (Å²) in [6.07, 6.45) is 30.7. The highest BCUT2D eigenvalue weighted by Gasteiger charge is 2.28. The number of hydrogen-bond donors (Lipinski definition) is 3. The Labute approximate surface area is 319 Å². The first-order valence-electron chi connectivity index (χ1n) is 20.3. The Bertz CT molecular complexity index is 1070. The molecular formula is C40H72NO11P. The Hall–Kier alpha value is -2.37. The molecule has 308 valence electrons. The van der Waals surface area contributed by atoms with Crippen molar-refractivity contribution in [2.24, 2.45) is 5.73 Å². The Morgan fingerprint density at radius 2 is 1.09 bits per heavy atom. The number of nitrogens with two attached hydrogens (primary N) is 1. The quantitative estimate of drug-likeness (QED) is 0.0177. The summed E-state index contributed by atoms with van der Waals surface area (Å²) in [5, 5.41) is 8.86. The van der Waals surface area contributed by atoms with Gasteiger partial charge in [0, 0.05) is 19.3 Å². The second-order valence-corrected chi connectivity index (χ2v) is 15.3. The van der Waals surface area contributed by atoms with Crippen LogP contribution in [0.25, 0.3) is 0 Å². The number of carbonyl (C=O) groups excluding carboxylic acids is 3. The van der Waals surface area contributed by atoms with Crippen molar-refractivity contribution in [2.75, 3.05) is 19.8 Å². The number of carboxylic acids is 1. The van der Waals surface area contributed by atoms with Crippen LogP contribution in [-0.2, 0) is 42.3 Å². The molecule has 0 amide bonds. The number of ketones is 1. The van der Waals surface area contributed by atoms with Crippen molar-refractivity contribution in [2.45, 2.75) is 187 Å². The van der Waals surface area contributed by atoms with E-state index in [1.807, 2.05) is 6.08 Å². The minimum Gasteiger partial charge on any atom is -0.480 e. The number of phosphoric acid groups is 1. The van der Waals surface area contributed by atoms with Gasteiger partial charge in [0.2, 0.25) is 0 Å². The highest BCUT2D eigenvalue weighted by atomic mass is 31.2. The predicted molar refractivity (Wildman–Crippen MR) is 208 cm³/mol. The summed E-state index contributed by atoms with van der Waals surface area (Å²) in [6, 6.07) is -1.54. The molecule has 0 saturated carbocycles. The van der Waals surface area contributed by atoms with Crippen LogP contribution in [0.1, 0.15) is 174 Å². The number of hydrogen-bond acceptors (Lipinski definition) is 10. The molecule has 3 atom stereocenters. The third-order valence-corrected chi connectivity index (χ3v) is 9.63. The lowest BCUT2D eigenvalue weighted by Crippen LogP contribution is -2.34. The number of rotatable bonds is 38. The van der Waals surface area contributed by atoms with Gasteiger partial charge < -0.3 is 25.2 Å². The summed E-state index contributed by atoms with van der Waals surface area (Å²) in [5.41, 5.74) is 5.31. The highest BCUT2D eigenvalue weighted by molar-refractivity contribution is 7.47. The van der Waals surface area contributed by atoms with Crippen LogP contribution in [0.2, 0.25) is 0 Å². The Kier molecular flexibility index (Phi) is 33.8. The molecule has 0 heterocycles. The molecular weight excluding hydrogens is 701 g/mol. The number of carbonyl (C=O) groups is 4. The average molecular weight is 774 g/mol. The molecule has 0 aromatic rings. The fourth-order valence-electron chi connectivity index (χ4n) is 5.40. The monoisotopic (exact) mass is 773 g/mol. The summed E-state index contributed by atoms with van der Waals surface area (Å²) in [7, 11) is -4.74. The van der Waals surface area contributed by atoms with Gasteiger partial charge >= 0.3 is 25.7 Å². The van der Waals surface area contributed by atoms with Crippen molar-refractivity contribution in [1.82, 2.24) is 0 Å². The maximum atomic E-state index is 12.6. The molecule has 4 N–H and O–H groups in total. The van der Waals surface area contributed by atoms with Gasteiger partial charge in [0.25, 0.3) is 0 Å². The SMILES string of the molecule is CCCCC/C=C\C=C\C(=O)CCCCCCCC(=O)O[C@H](COC(=O)CCCCCCCCCCCCCCC)COP(=O)(O)OC[C@H](N)C(=O)O. The third-order valence-electron chi connectivity index (χ3n) is 8.68. The standard InChI is InChI=1S/C40H72NO11P/c1-3-5-7-9-11-12-13-14-15-16-18-22-26-30-38(43)49-32-36(33-50-53(47,48)51-34-37(41)40(45)46)52-39(44)31-27-23-19-21-25-29-35(42)28-24-20-17-10-8-6-4-2/h17,20,24,28,36-37H,3-16,18-19,21-23,25-27,29-34,41H2,1-2H3,(H,45,46)(H,47,48)/b20-17-,28-24+/t36-,37+/m1/s1. The molecule has 13 heteroatoms. The van der Waals surface area contributed by atoms with Gasteiger partial charge in [-0.25, -0.2) is 4.57 Å². The van der Waals surface area contributed by atoms with Gasteiger partial charge in [-0.3, -0.25) is 28.2 Å². The van der Waals surface area contributed by atoms with Crippen LogP contribution in [0, 0.1) is 0 Å². The average Bonchev–Trinajstić information content (AvgIpc) is 3.12. The van der Waals surface area contributed by atoms with E-state index in [4.69, 9.17) is 24.8 Å². The lowest BCUT2D eigenvalue weighted by Gasteiger charge is -2.20. The van der Waals surface area contributed by atoms with Gasteiger partial charge in [-0.05, 0) is 38.2 Å². The summed E-state index contributed by atoms with van der Waals surface area (Å²) in [5.74, 6) is -2.39. The number of esters is 2. The first-order valence-corrected chi connectivity index (χ1v) is 21.8. The normalized spacial score (nSPS) is 14.0. The summed E-state index contributed by atoms with van der Waals surface area (Å²) < 4.78 is 32.5. The van der Waals surface area contributed by atoms with Gasteiger partial charge in [-0.1, -0.05) is 141 Å². The van der Waals surface area contributed by atoms with Gasteiger partial charge in [-0.15, -0.1) is 0 Å². The Morgan fingerprint density at radius 1 is 0.623 bits per heavy atom. The van der Waals surface area contributed by atoms with E-state index in [1.54, 1.807) is 12.2 Å². The van der Waals surface area contributed by atoms with Gasteiger partial charge in [-0.2, -0.15) is 0 Å². The van der Waals surface area contributed by atoms with E-state index in [1.165, 1.54) is 70.6 Å². The van der Waals surface area contributed by atoms with E-state index >= 15 is 0 Å². The summed E-state index contributed by atoms with van der Waals surface area (Å²) in [6.45, 7) is 2.62. The maximum absolute atomic E-state index is 12.6. The van der Waals surface area contributed by atoms with Crippen LogP contribution in [0.3, 0.4) is 0 Å². The highest BCUT2D eigenvalue weighted by Crippen LogP contribution is 2.43. The number of aliphatic carboxylic acids is 1. The molecule has 0 aliphatic heterocycles. The van der Waals surface area contributed by atoms with Crippen LogP contribution < -0.4 is 5.73 Å². The summed E-state index contributed by atoms with van der Waals surface area (Å²) >= 11 is 0. The number of ether oxygens (including phenoxy) is 2. The van der Waals surface area contributed by atoms with E-state index in [2.05, 4.69) is 24.4 Å². The van der Waals surface area contributed by atoms with E-state index in [-0.39, 0.29) is 25.2 Å². The van der Waals surface area contributed by atoms with Crippen molar-refractivity contribution >= 4 is 31.5 Å². The summed E-state index contributed by atoms with van der Waals surface area (Å²) in [4.78, 5) is 57.8. The van der Waals surface area contributed by atoms with E-state index in [9.17, 15) is 28.6 Å². The minimum absolute atomic E-state index is 0.0798. The van der Waals surface area contributed by atoms with E-state index in [0.717, 1.165) is 57.8 Å². The van der Waals surface area contributed by atoms with Crippen molar-refractivity contribution in [3.63, 3.8) is 0 Å². The molecule has 0 bridgehead atoms. The first-order chi connectivity index (χ1) is 25.5. The second kappa shape index (κ2) is 35.3. The van der Waals surface area contributed by atoms with Crippen molar-refractivity contribution < 1.29 is 52.3 Å². The number of phosphoric ester groups is 1. The van der Waals surface area contributed by atoms with Crippen molar-refractivity contribution in [3.05, 3.63) is 24.3 Å². The van der Waals surface area contributed by atoms with Crippen LogP contribution in [0.15, 0.2) is 24.3 Å². The zero-order valence-electron chi connectivity index (χ0n) is 32.9. The van der Waals surface area contributed by atoms with E-state index in [0.29, 0.717) is 19.3 Å². The fraction of sp³-hybridized carbons (Fsp3) is 0.800. The lowest BCUT2D eigenvalue weighted by molar-refractivity contribution is -0.161. The number of allylic oxidation sites excluding steroid dienone is 4. The Morgan fingerprint density at radius 3 is 1.64 bits per heavy atom. The molecule has 0 rings (SSSR count). The van der Waals surface area contributed by atoms with Crippen LogP contribution in [-0.4, -0.2) is 65.7 Å². The molecule has 0 aliphatic carbocycles. The van der Waals surface area contributed by atoms with Crippen molar-refractivity contribution in [1.29, 1.82) is 0 Å². The van der Waals surface area contributed by atoms with Crippen LogP contribution in [0.4, 0.5) is 0 Å². The topological polar surface area (TPSA) is 189 Å². The first kappa shape index (κ1) is 50.6. The lowest BCUT2D eigenvalue weighted by atomic mass is 10.0. The molecule has 53 heavy (non-hydrogen) atoms. The molecule has 0 fully saturated rings. The van der Waals surface area contributed by atoms with Gasteiger partial charge in [0.05, 0.1) is 13.2 Å². The van der Waals surface area contributed by atoms with Gasteiger partial charge in [0.1, 0.15) is 12.6 Å².